The van der Waals surface area contributed by atoms with Crippen molar-refractivity contribution in [2.45, 2.75) is 25.2 Å². The summed E-state index contributed by atoms with van der Waals surface area (Å²) in [5, 5.41) is 1.79. The molecule has 19 heavy (non-hydrogen) atoms. The van der Waals surface area contributed by atoms with Gasteiger partial charge in [0.2, 0.25) is 0 Å². The summed E-state index contributed by atoms with van der Waals surface area (Å²) in [6.07, 6.45) is 2.03. The summed E-state index contributed by atoms with van der Waals surface area (Å²) < 4.78 is 0. The van der Waals surface area contributed by atoms with Crippen LogP contribution in [0.3, 0.4) is 0 Å². The highest BCUT2D eigenvalue weighted by Gasteiger charge is 2.30. The molecule has 1 atom stereocenters. The van der Waals surface area contributed by atoms with E-state index in [1.807, 2.05) is 12.1 Å². The molecule has 2 heteroatoms. The normalized spacial score (nSPS) is 14.1. The minimum absolute atomic E-state index is 0.103. The monoisotopic (exact) mass is 336 g/mol. The van der Waals surface area contributed by atoms with Crippen molar-refractivity contribution >= 4 is 27.5 Å². The van der Waals surface area contributed by atoms with Crippen LogP contribution in [0, 0.1) is 0 Å². The zero-order chi connectivity index (χ0) is 13.7. The molecule has 2 aromatic rings. The zero-order valence-electron chi connectivity index (χ0n) is 11.1. The molecule has 0 bridgehead atoms. The molecule has 0 N–H and O–H groups in total. The van der Waals surface area contributed by atoms with Crippen LogP contribution in [0.25, 0.3) is 0 Å². The lowest BCUT2D eigenvalue weighted by Crippen LogP contribution is -2.30. The highest BCUT2D eigenvalue weighted by molar-refractivity contribution is 9.09. The summed E-state index contributed by atoms with van der Waals surface area (Å²) in [4.78, 5) is 0. The minimum atomic E-state index is 0.103. The fraction of sp³-hybridized carbons (Fsp3) is 0.294. The molecule has 0 saturated carbocycles. The van der Waals surface area contributed by atoms with Gasteiger partial charge in [0.05, 0.1) is 0 Å². The van der Waals surface area contributed by atoms with Gasteiger partial charge in [-0.3, -0.25) is 0 Å². The standard InChI is InChI=1S/C17H18BrCl/c1-2-17(13-18,15-9-4-3-5-10-15)12-14-8-6-7-11-16(14)19/h3-11H,2,12-13H2,1H3. The number of benzene rings is 2. The molecule has 100 valence electrons. The lowest BCUT2D eigenvalue weighted by Gasteiger charge is -2.32. The number of hydrogen-bond donors (Lipinski definition) is 0. The molecular formula is C17H18BrCl. The first-order valence-corrected chi connectivity index (χ1v) is 8.07. The van der Waals surface area contributed by atoms with Gasteiger partial charge in [-0.15, -0.1) is 0 Å². The van der Waals surface area contributed by atoms with Gasteiger partial charge in [-0.2, -0.15) is 0 Å². The van der Waals surface area contributed by atoms with Gasteiger partial charge in [0.1, 0.15) is 0 Å². The molecule has 0 amide bonds. The van der Waals surface area contributed by atoms with Crippen LogP contribution >= 0.6 is 27.5 Å². The molecule has 1 unspecified atom stereocenters. The van der Waals surface area contributed by atoms with Gasteiger partial charge in [-0.25, -0.2) is 0 Å². The third-order valence-electron chi connectivity index (χ3n) is 3.81. The van der Waals surface area contributed by atoms with Crippen LogP contribution in [0.1, 0.15) is 24.5 Å². The smallest absolute Gasteiger partial charge is 0.0438 e. The first-order valence-electron chi connectivity index (χ1n) is 6.57. The largest absolute Gasteiger partial charge is 0.0918 e. The minimum Gasteiger partial charge on any atom is -0.0918 e. The van der Waals surface area contributed by atoms with Gasteiger partial charge >= 0.3 is 0 Å². The Balaban J connectivity index is 2.38. The molecule has 0 nitrogen and oxygen atoms in total. The quantitative estimate of drug-likeness (QED) is 0.621. The van der Waals surface area contributed by atoms with Crippen LogP contribution in [0.15, 0.2) is 54.6 Å². The fourth-order valence-electron chi connectivity index (χ4n) is 2.45. The molecule has 0 radical (unpaired) electrons. The maximum Gasteiger partial charge on any atom is 0.0438 e. The van der Waals surface area contributed by atoms with Crippen molar-refractivity contribution in [1.82, 2.24) is 0 Å². The topological polar surface area (TPSA) is 0 Å². The molecule has 0 aliphatic heterocycles. The molecule has 0 aliphatic carbocycles. The van der Waals surface area contributed by atoms with E-state index >= 15 is 0 Å². The molecule has 2 aromatic carbocycles. The summed E-state index contributed by atoms with van der Waals surface area (Å²) >= 11 is 10.0. The Kier molecular flexibility index (Phi) is 5.06. The number of alkyl halides is 1. The molecule has 2 rings (SSSR count). The van der Waals surface area contributed by atoms with E-state index < -0.39 is 0 Å². The second kappa shape index (κ2) is 6.58. The molecule has 0 aliphatic rings. The summed E-state index contributed by atoms with van der Waals surface area (Å²) in [5.74, 6) is 0. The van der Waals surface area contributed by atoms with Gasteiger partial charge < -0.3 is 0 Å². The summed E-state index contributed by atoms with van der Waals surface area (Å²) in [6.45, 7) is 2.24. The Bertz CT molecular complexity index is 518. The van der Waals surface area contributed by atoms with E-state index in [2.05, 4.69) is 65.3 Å². The number of rotatable bonds is 5. The van der Waals surface area contributed by atoms with Crippen molar-refractivity contribution < 1.29 is 0 Å². The Morgan fingerprint density at radius 2 is 1.63 bits per heavy atom. The van der Waals surface area contributed by atoms with Gasteiger partial charge in [0.25, 0.3) is 0 Å². The Labute approximate surface area is 128 Å². The van der Waals surface area contributed by atoms with Gasteiger partial charge in [-0.1, -0.05) is 83.0 Å². The second-order valence-corrected chi connectivity index (χ2v) is 5.87. The molecule has 0 fully saturated rings. The summed E-state index contributed by atoms with van der Waals surface area (Å²) in [6, 6.07) is 18.8. The lowest BCUT2D eigenvalue weighted by atomic mass is 9.75. The van der Waals surface area contributed by atoms with Crippen molar-refractivity contribution in [1.29, 1.82) is 0 Å². The average Bonchev–Trinajstić information content (AvgIpc) is 2.48. The van der Waals surface area contributed by atoms with E-state index in [9.17, 15) is 0 Å². The van der Waals surface area contributed by atoms with E-state index in [1.165, 1.54) is 11.1 Å². The van der Waals surface area contributed by atoms with Gasteiger partial charge in [0, 0.05) is 15.8 Å². The highest BCUT2D eigenvalue weighted by atomic mass is 79.9. The first kappa shape index (κ1) is 14.6. The molecular weight excluding hydrogens is 320 g/mol. The van der Waals surface area contributed by atoms with E-state index in [0.29, 0.717) is 0 Å². The maximum atomic E-state index is 6.32. The Morgan fingerprint density at radius 1 is 1.00 bits per heavy atom. The predicted molar refractivity (Wildman–Crippen MR) is 87.4 cm³/mol. The molecule has 0 aromatic heterocycles. The van der Waals surface area contributed by atoms with Crippen LogP contribution in [0.2, 0.25) is 5.02 Å². The molecule has 0 heterocycles. The Morgan fingerprint density at radius 3 is 2.21 bits per heavy atom. The average molecular weight is 338 g/mol. The number of hydrogen-bond acceptors (Lipinski definition) is 0. The van der Waals surface area contributed by atoms with Crippen LogP contribution in [-0.4, -0.2) is 5.33 Å². The highest BCUT2D eigenvalue weighted by Crippen LogP contribution is 2.35. The SMILES string of the molecule is CCC(CBr)(Cc1ccccc1Cl)c1ccccc1. The fourth-order valence-corrected chi connectivity index (χ4v) is 3.57. The second-order valence-electron chi connectivity index (χ2n) is 4.90. The zero-order valence-corrected chi connectivity index (χ0v) is 13.4. The summed E-state index contributed by atoms with van der Waals surface area (Å²) in [7, 11) is 0. The van der Waals surface area contributed by atoms with E-state index in [0.717, 1.165) is 23.2 Å². The van der Waals surface area contributed by atoms with Gasteiger partial charge in [0.15, 0.2) is 0 Å². The Hall–Kier alpha value is -0.790. The van der Waals surface area contributed by atoms with Gasteiger partial charge in [-0.05, 0) is 30.0 Å². The van der Waals surface area contributed by atoms with E-state index in [4.69, 9.17) is 11.6 Å². The van der Waals surface area contributed by atoms with Crippen molar-refractivity contribution in [3.63, 3.8) is 0 Å². The van der Waals surface area contributed by atoms with Crippen molar-refractivity contribution in [2.75, 3.05) is 5.33 Å². The third-order valence-corrected chi connectivity index (χ3v) is 5.25. The van der Waals surface area contributed by atoms with Crippen molar-refractivity contribution in [3.8, 4) is 0 Å². The summed E-state index contributed by atoms with van der Waals surface area (Å²) in [5.41, 5.74) is 2.69. The first-order chi connectivity index (χ1) is 9.22. The predicted octanol–water partition coefficient (Wildman–Crippen LogP) is 5.63. The number of halogens is 2. The van der Waals surface area contributed by atoms with E-state index in [1.54, 1.807) is 0 Å². The lowest BCUT2D eigenvalue weighted by molar-refractivity contribution is 0.464. The van der Waals surface area contributed by atoms with Crippen LogP contribution in [-0.2, 0) is 11.8 Å². The van der Waals surface area contributed by atoms with Crippen LogP contribution < -0.4 is 0 Å². The molecule has 0 saturated heterocycles. The molecule has 0 spiro atoms. The van der Waals surface area contributed by atoms with E-state index in [-0.39, 0.29) is 5.41 Å². The van der Waals surface area contributed by atoms with Crippen LogP contribution in [0.4, 0.5) is 0 Å². The third kappa shape index (κ3) is 3.21. The van der Waals surface area contributed by atoms with Crippen molar-refractivity contribution in [3.05, 3.63) is 70.7 Å². The maximum absolute atomic E-state index is 6.32. The van der Waals surface area contributed by atoms with Crippen molar-refractivity contribution in [2.24, 2.45) is 0 Å². The van der Waals surface area contributed by atoms with Crippen LogP contribution in [0.5, 0.6) is 0 Å².